The van der Waals surface area contributed by atoms with Crippen molar-refractivity contribution in [3.8, 4) is 0 Å². The van der Waals surface area contributed by atoms with Crippen LogP contribution in [0.15, 0.2) is 65.8 Å². The molecule has 0 nitrogen and oxygen atoms in total. The zero-order valence-corrected chi connectivity index (χ0v) is 10.5. The number of benzene rings is 1. The maximum Gasteiger partial charge on any atom is 0.0955 e. The first-order valence-corrected chi connectivity index (χ1v) is 5.41. The summed E-state index contributed by atoms with van der Waals surface area (Å²) < 4.78 is 0. The maximum atomic E-state index is 2.22. The standard InChI is InChI=1S/C15H13.BrH/c1-3-7-12(8-4-1)14-11-15(14)13-9-5-2-6-10-13;/h1-10,14H,11H2;1H/q+1;/p-1. The van der Waals surface area contributed by atoms with Crippen LogP contribution >= 0.6 is 0 Å². The van der Waals surface area contributed by atoms with Crippen molar-refractivity contribution in [2.45, 2.75) is 12.3 Å². The molecule has 0 bridgehead atoms. The molecule has 2 aliphatic carbocycles. The lowest BCUT2D eigenvalue weighted by atomic mass is 10.0. The Labute approximate surface area is 107 Å². The Hall–Kier alpha value is -1.21. The summed E-state index contributed by atoms with van der Waals surface area (Å²) in [4.78, 5) is 0. The highest BCUT2D eigenvalue weighted by atomic mass is 79.9. The Bertz CT molecular complexity index is 452. The number of hydrogen-bond donors (Lipinski definition) is 0. The molecule has 1 atom stereocenters. The topological polar surface area (TPSA) is 0 Å². The molecule has 0 spiro atoms. The third-order valence-corrected chi connectivity index (χ3v) is 3.03. The average molecular weight is 273 g/mol. The van der Waals surface area contributed by atoms with Crippen molar-refractivity contribution in [2.24, 2.45) is 0 Å². The van der Waals surface area contributed by atoms with E-state index in [1.807, 2.05) is 0 Å². The smallest absolute Gasteiger partial charge is 0.0955 e. The number of halogens is 1. The Morgan fingerprint density at radius 1 is 1.06 bits per heavy atom. The summed E-state index contributed by atoms with van der Waals surface area (Å²) in [7, 11) is 0. The van der Waals surface area contributed by atoms with Gasteiger partial charge in [-0.05, 0) is 5.56 Å². The molecule has 0 aliphatic heterocycles. The van der Waals surface area contributed by atoms with Crippen LogP contribution in [0.3, 0.4) is 0 Å². The second kappa shape index (κ2) is 4.75. The van der Waals surface area contributed by atoms with E-state index in [1.54, 1.807) is 5.57 Å². The second-order valence-corrected chi connectivity index (χ2v) is 4.06. The summed E-state index contributed by atoms with van der Waals surface area (Å²) in [5.74, 6) is 0.675. The second-order valence-electron chi connectivity index (χ2n) is 4.06. The molecule has 0 saturated heterocycles. The van der Waals surface area contributed by atoms with E-state index in [0.717, 1.165) is 0 Å². The van der Waals surface area contributed by atoms with Gasteiger partial charge < -0.3 is 17.0 Å². The molecule has 0 amide bonds. The largest absolute Gasteiger partial charge is 1.00 e. The van der Waals surface area contributed by atoms with Gasteiger partial charge in [0.1, 0.15) is 0 Å². The van der Waals surface area contributed by atoms with E-state index in [9.17, 15) is 0 Å². The Morgan fingerprint density at radius 3 is 2.56 bits per heavy atom. The normalized spacial score (nSPS) is 25.9. The molecule has 1 unspecified atom stereocenters. The van der Waals surface area contributed by atoms with Crippen LogP contribution in [0, 0.1) is 6.42 Å². The lowest BCUT2D eigenvalue weighted by molar-refractivity contribution is -0.00000286. The maximum absolute atomic E-state index is 2.22. The molecule has 1 aromatic carbocycles. The van der Waals surface area contributed by atoms with Crippen LogP contribution in [-0.2, 0) is 0 Å². The van der Waals surface area contributed by atoms with Gasteiger partial charge in [-0.15, -0.1) is 0 Å². The summed E-state index contributed by atoms with van der Waals surface area (Å²) in [6.45, 7) is 0. The predicted molar refractivity (Wildman–Crippen MR) is 63.4 cm³/mol. The number of rotatable bonds is 1. The van der Waals surface area contributed by atoms with Gasteiger partial charge in [0.05, 0.1) is 11.5 Å². The molecule has 1 heteroatoms. The third kappa shape index (κ3) is 2.14. The fourth-order valence-corrected chi connectivity index (χ4v) is 2.14. The van der Waals surface area contributed by atoms with Crippen molar-refractivity contribution in [2.75, 3.05) is 0 Å². The average Bonchev–Trinajstić information content (AvgIpc) is 3.11. The van der Waals surface area contributed by atoms with Crippen molar-refractivity contribution >= 4 is 0 Å². The molecule has 0 aromatic heterocycles. The fourth-order valence-electron chi connectivity index (χ4n) is 2.14. The van der Waals surface area contributed by atoms with Gasteiger partial charge >= 0.3 is 0 Å². The fraction of sp³-hybridized carbons (Fsp3) is 0.133. The first-order chi connectivity index (χ1) is 7.45. The third-order valence-electron chi connectivity index (χ3n) is 3.03. The molecule has 0 N–H and O–H groups in total. The Kier molecular flexibility index (Phi) is 3.35. The van der Waals surface area contributed by atoms with E-state index in [1.165, 1.54) is 17.6 Å². The minimum atomic E-state index is 0. The van der Waals surface area contributed by atoms with Crippen LogP contribution in [0.2, 0.25) is 0 Å². The van der Waals surface area contributed by atoms with Crippen LogP contribution < -0.4 is 17.0 Å². The highest BCUT2D eigenvalue weighted by molar-refractivity contribution is 5.53. The van der Waals surface area contributed by atoms with Gasteiger partial charge in [-0.25, -0.2) is 0 Å². The number of allylic oxidation sites excluding steroid dienone is 6. The summed E-state index contributed by atoms with van der Waals surface area (Å²) in [5, 5.41) is 0. The molecule has 16 heavy (non-hydrogen) atoms. The highest BCUT2D eigenvalue weighted by Gasteiger charge is 2.38. The number of hydrogen-bond acceptors (Lipinski definition) is 0. The summed E-state index contributed by atoms with van der Waals surface area (Å²) in [5.41, 5.74) is 4.45. The van der Waals surface area contributed by atoms with E-state index in [0.29, 0.717) is 5.92 Å². The van der Waals surface area contributed by atoms with Crippen molar-refractivity contribution in [3.05, 3.63) is 77.8 Å². The molecular weight excluding hydrogens is 260 g/mol. The van der Waals surface area contributed by atoms with Gasteiger partial charge in [-0.1, -0.05) is 30.3 Å². The van der Waals surface area contributed by atoms with E-state index in [4.69, 9.17) is 0 Å². The van der Waals surface area contributed by atoms with Gasteiger partial charge in [-0.3, -0.25) is 0 Å². The van der Waals surface area contributed by atoms with Gasteiger partial charge in [0.15, 0.2) is 0 Å². The van der Waals surface area contributed by atoms with Crippen LogP contribution in [0.25, 0.3) is 0 Å². The van der Waals surface area contributed by atoms with Gasteiger partial charge in [0, 0.05) is 42.7 Å². The van der Waals surface area contributed by atoms with Crippen LogP contribution in [0.5, 0.6) is 0 Å². The predicted octanol–water partition coefficient (Wildman–Crippen LogP) is 0.805. The minimum Gasteiger partial charge on any atom is -1.00 e. The van der Waals surface area contributed by atoms with Crippen molar-refractivity contribution in [1.82, 2.24) is 0 Å². The van der Waals surface area contributed by atoms with Crippen LogP contribution in [-0.4, -0.2) is 0 Å². The monoisotopic (exact) mass is 272 g/mol. The van der Waals surface area contributed by atoms with Gasteiger partial charge in [-0.2, -0.15) is 0 Å². The van der Waals surface area contributed by atoms with Crippen molar-refractivity contribution < 1.29 is 17.0 Å². The Balaban J connectivity index is 0.000000963. The van der Waals surface area contributed by atoms with E-state index >= 15 is 0 Å². The summed E-state index contributed by atoms with van der Waals surface area (Å²) >= 11 is 0. The van der Waals surface area contributed by atoms with Crippen molar-refractivity contribution in [1.29, 1.82) is 0 Å². The van der Waals surface area contributed by atoms with Gasteiger partial charge in [0.25, 0.3) is 0 Å². The minimum absolute atomic E-state index is 0. The SMILES string of the molecule is C1=C[CH+]/C(=C2/CC2c2ccccc2)C=C1.[Br-]. The Morgan fingerprint density at radius 2 is 1.88 bits per heavy atom. The molecule has 80 valence electrons. The molecule has 2 aliphatic rings. The quantitative estimate of drug-likeness (QED) is 0.664. The van der Waals surface area contributed by atoms with Gasteiger partial charge in [0.2, 0.25) is 0 Å². The molecule has 1 saturated carbocycles. The lowest BCUT2D eigenvalue weighted by Gasteiger charge is -1.95. The molecule has 3 rings (SSSR count). The molecular formula is C15H13Br. The van der Waals surface area contributed by atoms with Crippen molar-refractivity contribution in [3.63, 3.8) is 0 Å². The van der Waals surface area contributed by atoms with E-state index in [2.05, 4.69) is 61.1 Å². The lowest BCUT2D eigenvalue weighted by Crippen LogP contribution is -3.00. The summed E-state index contributed by atoms with van der Waals surface area (Å²) in [6.07, 6.45) is 11.9. The van der Waals surface area contributed by atoms with E-state index in [-0.39, 0.29) is 17.0 Å². The highest BCUT2D eigenvalue weighted by Crippen LogP contribution is 2.49. The first-order valence-electron chi connectivity index (χ1n) is 5.41. The summed E-state index contributed by atoms with van der Waals surface area (Å²) in [6, 6.07) is 10.8. The zero-order chi connectivity index (χ0) is 10.1. The van der Waals surface area contributed by atoms with Crippen LogP contribution in [0.4, 0.5) is 0 Å². The van der Waals surface area contributed by atoms with E-state index < -0.39 is 0 Å². The molecule has 0 radical (unpaired) electrons. The van der Waals surface area contributed by atoms with Crippen LogP contribution in [0.1, 0.15) is 17.9 Å². The first kappa shape index (κ1) is 11.3. The zero-order valence-electron chi connectivity index (χ0n) is 8.94. The molecule has 1 fully saturated rings. The molecule has 1 aromatic rings. The molecule has 0 heterocycles.